The van der Waals surface area contributed by atoms with Gasteiger partial charge in [-0.2, -0.15) is 0 Å². The second-order valence-corrected chi connectivity index (χ2v) is 8.12. The quantitative estimate of drug-likeness (QED) is 0.404. The Labute approximate surface area is 173 Å². The molecule has 0 saturated heterocycles. The molecule has 3 nitrogen and oxygen atoms in total. The molecule has 0 unspecified atom stereocenters. The molecule has 0 aliphatic heterocycles. The van der Waals surface area contributed by atoms with Crippen LogP contribution in [0.2, 0.25) is 4.47 Å². The van der Waals surface area contributed by atoms with Crippen LogP contribution < -0.4 is 5.32 Å². The van der Waals surface area contributed by atoms with Gasteiger partial charge in [-0.15, -0.1) is 11.3 Å². The van der Waals surface area contributed by atoms with E-state index in [0.717, 1.165) is 27.3 Å². The van der Waals surface area contributed by atoms with Crippen LogP contribution in [0.4, 0.5) is 5.69 Å². The summed E-state index contributed by atoms with van der Waals surface area (Å²) in [7, 11) is 0. The Bertz CT molecular complexity index is 1010. The molecule has 4 aromatic rings. The number of benzene rings is 3. The summed E-state index contributed by atoms with van der Waals surface area (Å²) in [5.41, 5.74) is 2.01. The van der Waals surface area contributed by atoms with Gasteiger partial charge >= 0.3 is 0 Å². The largest absolute Gasteiger partial charge is 0.380 e. The second-order valence-electron chi connectivity index (χ2n) is 6.42. The van der Waals surface area contributed by atoms with Crippen molar-refractivity contribution < 1.29 is 5.11 Å². The number of anilines is 1. The summed E-state index contributed by atoms with van der Waals surface area (Å²) in [6.45, 7) is 0.584. The summed E-state index contributed by atoms with van der Waals surface area (Å²) >= 11 is 7.39. The zero-order valence-corrected chi connectivity index (χ0v) is 16.6. The molecule has 0 amide bonds. The molecule has 4 rings (SSSR count). The maximum absolute atomic E-state index is 12.0. The van der Waals surface area contributed by atoms with Crippen molar-refractivity contribution in [2.24, 2.45) is 0 Å². The van der Waals surface area contributed by atoms with Crippen molar-refractivity contribution in [1.29, 1.82) is 0 Å². The van der Waals surface area contributed by atoms with E-state index in [0.29, 0.717) is 11.0 Å². The first-order valence-electron chi connectivity index (χ1n) is 8.95. The van der Waals surface area contributed by atoms with Crippen LogP contribution in [-0.2, 0) is 12.1 Å². The monoisotopic (exact) mass is 406 g/mol. The number of rotatable bonds is 6. The van der Waals surface area contributed by atoms with E-state index in [1.54, 1.807) is 6.20 Å². The fourth-order valence-electron chi connectivity index (χ4n) is 3.34. The Morgan fingerprint density at radius 1 is 0.857 bits per heavy atom. The molecule has 0 radical (unpaired) electrons. The summed E-state index contributed by atoms with van der Waals surface area (Å²) < 4.78 is 0.523. The first-order valence-corrected chi connectivity index (χ1v) is 10.1. The van der Waals surface area contributed by atoms with Gasteiger partial charge in [0.25, 0.3) is 0 Å². The van der Waals surface area contributed by atoms with Crippen LogP contribution in [0.25, 0.3) is 0 Å². The van der Waals surface area contributed by atoms with Crippen LogP contribution in [0.3, 0.4) is 0 Å². The van der Waals surface area contributed by atoms with Gasteiger partial charge in [0, 0.05) is 22.3 Å². The number of hydrogen-bond donors (Lipinski definition) is 2. The number of nitrogens with zero attached hydrogens (tertiary/aromatic N) is 1. The number of thiazole rings is 1. The second kappa shape index (κ2) is 8.15. The molecule has 0 atom stereocenters. The Morgan fingerprint density at radius 3 is 2.00 bits per heavy atom. The number of para-hydroxylation sites is 1. The van der Waals surface area contributed by atoms with Crippen LogP contribution in [0.1, 0.15) is 21.6 Å². The van der Waals surface area contributed by atoms with Gasteiger partial charge in [0.2, 0.25) is 0 Å². The summed E-state index contributed by atoms with van der Waals surface area (Å²) in [5, 5.41) is 15.5. The summed E-state index contributed by atoms with van der Waals surface area (Å²) in [6.07, 6.45) is 1.77. The van der Waals surface area contributed by atoms with Crippen molar-refractivity contribution in [3.63, 3.8) is 0 Å². The lowest BCUT2D eigenvalue weighted by Gasteiger charge is -2.32. The Hall–Kier alpha value is -2.66. The lowest BCUT2D eigenvalue weighted by atomic mass is 9.79. The lowest BCUT2D eigenvalue weighted by molar-refractivity contribution is 0.126. The van der Waals surface area contributed by atoms with Crippen molar-refractivity contribution in [2.45, 2.75) is 12.1 Å². The highest BCUT2D eigenvalue weighted by Crippen LogP contribution is 2.40. The Balaban J connectivity index is 1.79. The molecule has 28 heavy (non-hydrogen) atoms. The smallest absolute Gasteiger partial charge is 0.183 e. The van der Waals surface area contributed by atoms with Crippen LogP contribution in [0.15, 0.2) is 91.1 Å². The average Bonchev–Trinajstić information content (AvgIpc) is 3.18. The maximum atomic E-state index is 12.0. The Kier molecular flexibility index (Phi) is 5.44. The zero-order valence-electron chi connectivity index (χ0n) is 15.0. The standard InChI is InChI=1S/C23H19ClN2OS/c24-22-26-16-19(28-22)15-25-21-14-8-7-13-20(21)23(27,17-9-3-1-4-10-17)18-11-5-2-6-12-18/h1-14,16,25,27H,15H2. The highest BCUT2D eigenvalue weighted by Gasteiger charge is 2.35. The van der Waals surface area contributed by atoms with Gasteiger partial charge < -0.3 is 10.4 Å². The van der Waals surface area contributed by atoms with E-state index in [1.807, 2.05) is 84.9 Å². The van der Waals surface area contributed by atoms with Crippen LogP contribution >= 0.6 is 22.9 Å². The SMILES string of the molecule is OC(c1ccccc1)(c1ccccc1)c1ccccc1NCc1cnc(Cl)s1. The van der Waals surface area contributed by atoms with Gasteiger partial charge in [-0.05, 0) is 17.2 Å². The average molecular weight is 407 g/mol. The third kappa shape index (κ3) is 3.67. The number of aliphatic hydroxyl groups is 1. The molecule has 140 valence electrons. The van der Waals surface area contributed by atoms with Gasteiger partial charge in [0.1, 0.15) is 5.60 Å². The minimum atomic E-state index is -1.28. The van der Waals surface area contributed by atoms with E-state index in [4.69, 9.17) is 11.6 Å². The molecular formula is C23H19ClN2OS. The van der Waals surface area contributed by atoms with Crippen LogP contribution in [-0.4, -0.2) is 10.1 Å². The number of hydrogen-bond acceptors (Lipinski definition) is 4. The Morgan fingerprint density at radius 2 is 1.43 bits per heavy atom. The van der Waals surface area contributed by atoms with Gasteiger partial charge in [-0.1, -0.05) is 90.5 Å². The van der Waals surface area contributed by atoms with Gasteiger partial charge in [0.15, 0.2) is 4.47 Å². The van der Waals surface area contributed by atoms with E-state index in [2.05, 4.69) is 10.3 Å². The van der Waals surface area contributed by atoms with Gasteiger partial charge in [-0.3, -0.25) is 0 Å². The number of nitrogens with one attached hydrogen (secondary N) is 1. The summed E-state index contributed by atoms with van der Waals surface area (Å²) in [6, 6.07) is 27.3. The van der Waals surface area contributed by atoms with E-state index >= 15 is 0 Å². The zero-order chi connectivity index (χ0) is 19.4. The third-order valence-corrected chi connectivity index (χ3v) is 5.79. The normalized spacial score (nSPS) is 11.4. The molecular weight excluding hydrogens is 388 g/mol. The van der Waals surface area contributed by atoms with Crippen molar-refractivity contribution >= 4 is 28.6 Å². The van der Waals surface area contributed by atoms with E-state index in [9.17, 15) is 5.11 Å². The molecule has 2 N–H and O–H groups in total. The summed E-state index contributed by atoms with van der Waals surface area (Å²) in [5.74, 6) is 0. The third-order valence-electron chi connectivity index (χ3n) is 4.68. The molecule has 3 aromatic carbocycles. The fourth-order valence-corrected chi connectivity index (χ4v) is 4.25. The molecule has 5 heteroatoms. The number of aromatic nitrogens is 1. The molecule has 0 saturated carbocycles. The van der Waals surface area contributed by atoms with Crippen molar-refractivity contribution in [1.82, 2.24) is 4.98 Å². The minimum Gasteiger partial charge on any atom is -0.380 e. The predicted octanol–water partition coefficient (Wildman–Crippen LogP) is 5.69. The predicted molar refractivity (Wildman–Crippen MR) is 116 cm³/mol. The van der Waals surface area contributed by atoms with E-state index < -0.39 is 5.60 Å². The number of halogens is 1. The van der Waals surface area contributed by atoms with Gasteiger partial charge in [0.05, 0.1) is 6.54 Å². The van der Waals surface area contributed by atoms with Crippen LogP contribution in [0.5, 0.6) is 0 Å². The van der Waals surface area contributed by atoms with Crippen LogP contribution in [0, 0.1) is 0 Å². The van der Waals surface area contributed by atoms with Crippen molar-refractivity contribution in [3.05, 3.63) is 117 Å². The molecule has 0 spiro atoms. The van der Waals surface area contributed by atoms with Crippen molar-refractivity contribution in [2.75, 3.05) is 5.32 Å². The lowest BCUT2D eigenvalue weighted by Crippen LogP contribution is -2.30. The minimum absolute atomic E-state index is 0.523. The van der Waals surface area contributed by atoms with Crippen molar-refractivity contribution in [3.8, 4) is 0 Å². The molecule has 0 bridgehead atoms. The highest BCUT2D eigenvalue weighted by molar-refractivity contribution is 7.15. The molecule has 1 aromatic heterocycles. The first-order chi connectivity index (χ1) is 13.7. The topological polar surface area (TPSA) is 45.1 Å². The molecule has 1 heterocycles. The molecule has 0 aliphatic rings. The van der Waals surface area contributed by atoms with E-state index in [1.165, 1.54) is 11.3 Å². The van der Waals surface area contributed by atoms with E-state index in [-0.39, 0.29) is 0 Å². The fraction of sp³-hybridized carbons (Fsp3) is 0.0870. The van der Waals surface area contributed by atoms with Gasteiger partial charge in [-0.25, -0.2) is 4.98 Å². The first kappa shape index (κ1) is 18.7. The highest BCUT2D eigenvalue weighted by atomic mass is 35.5. The molecule has 0 aliphatic carbocycles. The summed E-state index contributed by atoms with van der Waals surface area (Å²) in [4.78, 5) is 5.12. The molecule has 0 fully saturated rings. The maximum Gasteiger partial charge on any atom is 0.183 e.